The van der Waals surface area contributed by atoms with Gasteiger partial charge >= 0.3 is 10.5 Å². The van der Waals surface area contributed by atoms with Gasteiger partial charge in [0.1, 0.15) is 22.3 Å². The SMILES string of the molecule is C1CNC1.CC(C)COc1ncc(Oc2cc(F)c(C(=O)N=S(=O)=O)cc2Cl)cc1Cl. The summed E-state index contributed by atoms with van der Waals surface area (Å²) >= 11 is 12.0. The van der Waals surface area contributed by atoms with Crippen LogP contribution in [0.1, 0.15) is 30.6 Å². The molecule has 0 aliphatic carbocycles. The molecule has 3 rings (SSSR count). The number of halogens is 3. The van der Waals surface area contributed by atoms with Crippen LogP contribution in [0.5, 0.6) is 17.4 Å². The summed E-state index contributed by atoms with van der Waals surface area (Å²) in [4.78, 5) is 15.6. The molecule has 0 bridgehead atoms. The normalized spacial score (nSPS) is 12.3. The van der Waals surface area contributed by atoms with Crippen LogP contribution in [0.4, 0.5) is 4.39 Å². The second kappa shape index (κ2) is 11.9. The van der Waals surface area contributed by atoms with Gasteiger partial charge in [-0.3, -0.25) is 4.79 Å². The van der Waals surface area contributed by atoms with Gasteiger partial charge in [0.25, 0.3) is 5.91 Å². The summed E-state index contributed by atoms with van der Waals surface area (Å²) in [5.74, 6) is -1.80. The topological polar surface area (TPSA) is 107 Å². The molecule has 8 nitrogen and oxygen atoms in total. The molecule has 2 heterocycles. The van der Waals surface area contributed by atoms with Crippen molar-refractivity contribution in [3.8, 4) is 17.4 Å². The van der Waals surface area contributed by atoms with Crippen molar-refractivity contribution >= 4 is 39.6 Å². The lowest BCUT2D eigenvalue weighted by Crippen LogP contribution is -2.29. The fourth-order valence-corrected chi connectivity index (χ4v) is 2.65. The number of amides is 1. The van der Waals surface area contributed by atoms with E-state index in [4.69, 9.17) is 32.7 Å². The predicted octanol–water partition coefficient (Wildman–Crippen LogP) is 4.54. The van der Waals surface area contributed by atoms with E-state index >= 15 is 0 Å². The lowest BCUT2D eigenvalue weighted by molar-refractivity contribution is 0.100. The average Bonchev–Trinajstić information content (AvgIpc) is 2.61. The van der Waals surface area contributed by atoms with Crippen molar-refractivity contribution in [2.24, 2.45) is 10.3 Å². The molecule has 2 aromatic rings. The number of ether oxygens (including phenoxy) is 2. The maximum absolute atomic E-state index is 14.1. The van der Waals surface area contributed by atoms with E-state index in [-0.39, 0.29) is 33.3 Å². The summed E-state index contributed by atoms with van der Waals surface area (Å²) in [5, 5.41) is 3.16. The maximum Gasteiger partial charge on any atom is 0.319 e. The van der Waals surface area contributed by atoms with Crippen molar-refractivity contribution in [3.05, 3.63) is 45.8 Å². The summed E-state index contributed by atoms with van der Waals surface area (Å²) < 4.78 is 48.5. The van der Waals surface area contributed by atoms with Gasteiger partial charge in [0.05, 0.1) is 23.4 Å². The number of hydrogen-bond donors (Lipinski definition) is 1. The molecule has 1 N–H and O–H groups in total. The molecule has 0 unspecified atom stereocenters. The van der Waals surface area contributed by atoms with Crippen molar-refractivity contribution in [3.63, 3.8) is 0 Å². The molecule has 1 aromatic carbocycles. The second-order valence-corrected chi connectivity index (χ2v) is 8.18. The molecule has 168 valence electrons. The van der Waals surface area contributed by atoms with E-state index in [9.17, 15) is 17.6 Å². The minimum atomic E-state index is -3.01. The highest BCUT2D eigenvalue weighted by molar-refractivity contribution is 7.62. The number of benzene rings is 1. The zero-order valence-corrected chi connectivity index (χ0v) is 19.0. The number of carbonyl (C=O) groups excluding carboxylic acids is 1. The Morgan fingerprint density at radius 1 is 1.26 bits per heavy atom. The van der Waals surface area contributed by atoms with Crippen LogP contribution >= 0.6 is 23.2 Å². The average molecular weight is 492 g/mol. The number of pyridine rings is 1. The Balaban J connectivity index is 0.000000762. The summed E-state index contributed by atoms with van der Waals surface area (Å²) in [6.07, 6.45) is 2.70. The van der Waals surface area contributed by atoms with E-state index in [0.717, 1.165) is 12.1 Å². The minimum Gasteiger partial charge on any atom is -0.476 e. The van der Waals surface area contributed by atoms with E-state index in [1.54, 1.807) is 0 Å². The first-order valence-electron chi connectivity index (χ1n) is 9.18. The molecule has 12 heteroatoms. The first kappa shape index (κ1) is 25.0. The predicted molar refractivity (Wildman–Crippen MR) is 114 cm³/mol. The van der Waals surface area contributed by atoms with Gasteiger partial charge in [0, 0.05) is 12.1 Å². The van der Waals surface area contributed by atoms with Gasteiger partial charge in [0.2, 0.25) is 5.88 Å². The van der Waals surface area contributed by atoms with Crippen molar-refractivity contribution < 1.29 is 27.1 Å². The quantitative estimate of drug-likeness (QED) is 0.631. The molecule has 1 amide bonds. The molecule has 31 heavy (non-hydrogen) atoms. The standard InChI is InChI=1S/C16H13Cl2FN2O5S.C3H7N/c1-8(2)7-25-16-12(18)3-9(6-20-16)26-14-5-13(19)10(4-11(14)17)15(22)21-27(23)24;1-2-4-3-1/h3-6,8H,7H2,1-2H3;4H,1-3H2. The fourth-order valence-electron chi connectivity index (χ4n) is 2.01. The molecule has 0 saturated carbocycles. The molecule has 1 aliphatic rings. The molecule has 1 aromatic heterocycles. The van der Waals surface area contributed by atoms with Gasteiger partial charge in [-0.1, -0.05) is 41.4 Å². The molecule has 1 fully saturated rings. The number of hydrogen-bond acceptors (Lipinski definition) is 7. The summed E-state index contributed by atoms with van der Waals surface area (Å²) in [5.41, 5.74) is -0.606. The first-order valence-corrected chi connectivity index (χ1v) is 11.0. The van der Waals surface area contributed by atoms with Gasteiger partial charge < -0.3 is 14.8 Å². The van der Waals surface area contributed by atoms with Crippen LogP contribution in [0.2, 0.25) is 10.0 Å². The van der Waals surface area contributed by atoms with Crippen molar-refractivity contribution in [2.45, 2.75) is 20.3 Å². The lowest BCUT2D eigenvalue weighted by Gasteiger charge is -2.12. The van der Waals surface area contributed by atoms with Crippen LogP contribution in [-0.2, 0) is 10.5 Å². The highest BCUT2D eigenvalue weighted by Crippen LogP contribution is 2.34. The van der Waals surface area contributed by atoms with Gasteiger partial charge in [-0.2, -0.15) is 8.42 Å². The third-order valence-corrected chi connectivity index (χ3v) is 4.56. The second-order valence-electron chi connectivity index (χ2n) is 6.74. The van der Waals surface area contributed by atoms with Gasteiger partial charge in [-0.05, 0) is 31.5 Å². The Hall–Kier alpha value is -2.27. The third kappa shape index (κ3) is 8.06. The van der Waals surface area contributed by atoms with Crippen molar-refractivity contribution in [1.29, 1.82) is 0 Å². The Morgan fingerprint density at radius 3 is 2.42 bits per heavy atom. The molecular formula is C19H20Cl2FN3O5S. The molecular weight excluding hydrogens is 472 g/mol. The summed E-state index contributed by atoms with van der Waals surface area (Å²) in [6.45, 7) is 6.87. The van der Waals surface area contributed by atoms with Crippen molar-refractivity contribution in [2.75, 3.05) is 19.7 Å². The lowest BCUT2D eigenvalue weighted by atomic mass is 10.2. The number of nitrogens with zero attached hydrogens (tertiary/aromatic N) is 2. The van der Waals surface area contributed by atoms with Gasteiger partial charge in [0.15, 0.2) is 0 Å². The highest BCUT2D eigenvalue weighted by atomic mass is 35.5. The van der Waals surface area contributed by atoms with E-state index in [1.807, 2.05) is 13.8 Å². The third-order valence-electron chi connectivity index (χ3n) is 3.68. The molecule has 1 saturated heterocycles. The fraction of sp³-hybridized carbons (Fsp3) is 0.368. The van der Waals surface area contributed by atoms with Crippen LogP contribution in [0.25, 0.3) is 0 Å². The van der Waals surface area contributed by atoms with E-state index in [0.29, 0.717) is 6.61 Å². The van der Waals surface area contributed by atoms with Crippen LogP contribution in [-0.4, -0.2) is 39.0 Å². The minimum absolute atomic E-state index is 0.123. The molecule has 0 spiro atoms. The van der Waals surface area contributed by atoms with Crippen LogP contribution in [0.3, 0.4) is 0 Å². The zero-order valence-electron chi connectivity index (χ0n) is 16.7. The largest absolute Gasteiger partial charge is 0.476 e. The van der Waals surface area contributed by atoms with Crippen LogP contribution < -0.4 is 14.8 Å². The van der Waals surface area contributed by atoms with Gasteiger partial charge in [-0.25, -0.2) is 9.37 Å². The van der Waals surface area contributed by atoms with Crippen LogP contribution in [0, 0.1) is 11.7 Å². The Kier molecular flexibility index (Phi) is 9.63. The Morgan fingerprint density at radius 2 is 1.90 bits per heavy atom. The molecule has 1 aliphatic heterocycles. The number of carbonyl (C=O) groups is 1. The number of nitrogens with one attached hydrogen (secondary N) is 1. The highest BCUT2D eigenvalue weighted by Gasteiger charge is 2.17. The van der Waals surface area contributed by atoms with Crippen LogP contribution in [0.15, 0.2) is 28.8 Å². The Labute approximate surface area is 190 Å². The summed E-state index contributed by atoms with van der Waals surface area (Å²) in [6, 6.07) is 3.16. The molecule has 0 atom stereocenters. The number of aromatic nitrogens is 1. The maximum atomic E-state index is 14.1. The molecule has 0 radical (unpaired) electrons. The summed E-state index contributed by atoms with van der Waals surface area (Å²) in [7, 11) is -3.01. The Bertz CT molecular complexity index is 1060. The zero-order chi connectivity index (χ0) is 23.0. The first-order chi connectivity index (χ1) is 14.7. The van der Waals surface area contributed by atoms with E-state index < -0.39 is 27.8 Å². The smallest absolute Gasteiger partial charge is 0.319 e. The number of rotatable bonds is 6. The van der Waals surface area contributed by atoms with Crippen molar-refractivity contribution in [1.82, 2.24) is 10.3 Å². The van der Waals surface area contributed by atoms with E-state index in [1.165, 1.54) is 31.8 Å². The van der Waals surface area contributed by atoms with Gasteiger partial charge in [-0.15, -0.1) is 0 Å². The van der Waals surface area contributed by atoms with E-state index in [2.05, 4.69) is 14.7 Å². The monoisotopic (exact) mass is 491 g/mol.